The van der Waals surface area contributed by atoms with Crippen molar-refractivity contribution in [3.63, 3.8) is 0 Å². The largest absolute Gasteiger partial charge is 0.510 e. The van der Waals surface area contributed by atoms with Crippen LogP contribution in [-0.2, 0) is 31.9 Å². The van der Waals surface area contributed by atoms with Gasteiger partial charge in [-0.1, -0.05) is 75.5 Å². The van der Waals surface area contributed by atoms with Crippen LogP contribution in [0.4, 0.5) is 5.69 Å². The SMILES string of the molecule is CN1C=CN(c2[c-]c(C3(c4cc(C(C)(C)C)cc(-n5c6[c-]ccnc6c6ncccc65)n4)c4ccccc4-c4ccccc43)ccc2)[CH-]1.[Pt]. The van der Waals surface area contributed by atoms with Crippen LogP contribution in [0.1, 0.15) is 48.7 Å². The predicted octanol–water partition coefficient (Wildman–Crippen LogP) is 8.57. The van der Waals surface area contributed by atoms with Crippen LogP contribution in [0.25, 0.3) is 39.0 Å². The molecule has 7 aromatic rings. The van der Waals surface area contributed by atoms with Gasteiger partial charge in [-0.15, -0.1) is 11.3 Å². The third kappa shape index (κ3) is 4.68. The van der Waals surface area contributed by atoms with Crippen molar-refractivity contribution in [1.82, 2.24) is 24.4 Å². The summed E-state index contributed by atoms with van der Waals surface area (Å²) in [5.41, 5.74) is 11.5. The topological polar surface area (TPSA) is 50.1 Å². The minimum atomic E-state index is -0.743. The van der Waals surface area contributed by atoms with Crippen molar-refractivity contribution in [2.45, 2.75) is 31.6 Å². The second kappa shape index (κ2) is 11.5. The molecule has 3 aromatic carbocycles. The maximum absolute atomic E-state index is 5.68. The van der Waals surface area contributed by atoms with E-state index in [0.717, 1.165) is 44.8 Å². The molecular formula is C42H33N6Pt-3. The molecule has 0 atom stereocenters. The fraction of sp³-hybridized carbons (Fsp3) is 0.143. The van der Waals surface area contributed by atoms with Gasteiger partial charge in [-0.2, -0.15) is 43.1 Å². The predicted molar refractivity (Wildman–Crippen MR) is 192 cm³/mol. The molecule has 244 valence electrons. The molecule has 0 radical (unpaired) electrons. The maximum Gasteiger partial charge on any atom is 0.136 e. The quantitative estimate of drug-likeness (QED) is 0.167. The van der Waals surface area contributed by atoms with Crippen LogP contribution in [0, 0.1) is 18.8 Å². The van der Waals surface area contributed by atoms with Crippen molar-refractivity contribution in [1.29, 1.82) is 0 Å². The molecule has 0 N–H and O–H groups in total. The zero-order valence-electron chi connectivity index (χ0n) is 27.6. The summed E-state index contributed by atoms with van der Waals surface area (Å²) < 4.78 is 2.17. The first-order valence-corrected chi connectivity index (χ1v) is 16.2. The molecule has 2 aliphatic rings. The van der Waals surface area contributed by atoms with Crippen LogP contribution in [-0.4, -0.2) is 31.5 Å². The van der Waals surface area contributed by atoms with E-state index in [9.17, 15) is 0 Å². The average Bonchev–Trinajstić information content (AvgIpc) is 3.79. The van der Waals surface area contributed by atoms with Crippen LogP contribution in [0.5, 0.6) is 0 Å². The Labute approximate surface area is 301 Å². The van der Waals surface area contributed by atoms with E-state index in [1.807, 2.05) is 36.5 Å². The van der Waals surface area contributed by atoms with E-state index in [4.69, 9.17) is 15.0 Å². The van der Waals surface area contributed by atoms with Gasteiger partial charge in [0, 0.05) is 32.8 Å². The average molecular weight is 817 g/mol. The molecule has 0 saturated heterocycles. The molecular weight excluding hydrogens is 784 g/mol. The summed E-state index contributed by atoms with van der Waals surface area (Å²) in [4.78, 5) is 19.3. The van der Waals surface area contributed by atoms with Crippen molar-refractivity contribution in [2.24, 2.45) is 0 Å². The van der Waals surface area contributed by atoms with Crippen LogP contribution in [0.15, 0.2) is 122 Å². The Morgan fingerprint density at radius 3 is 2.22 bits per heavy atom. The van der Waals surface area contributed by atoms with Crippen molar-refractivity contribution in [3.8, 4) is 16.9 Å². The molecule has 4 aromatic heterocycles. The van der Waals surface area contributed by atoms with Crippen molar-refractivity contribution in [2.75, 3.05) is 11.9 Å². The van der Waals surface area contributed by atoms with E-state index in [0.29, 0.717) is 0 Å². The van der Waals surface area contributed by atoms with Crippen LogP contribution >= 0.6 is 0 Å². The molecule has 0 bridgehead atoms. The number of rotatable bonds is 4. The van der Waals surface area contributed by atoms with Crippen molar-refractivity contribution >= 4 is 27.8 Å². The fourth-order valence-electron chi connectivity index (χ4n) is 7.43. The summed E-state index contributed by atoms with van der Waals surface area (Å²) >= 11 is 0. The molecule has 0 unspecified atom stereocenters. The van der Waals surface area contributed by atoms with Gasteiger partial charge in [-0.25, -0.2) is 4.98 Å². The number of hydrogen-bond donors (Lipinski definition) is 0. The molecule has 1 aliphatic heterocycles. The Bertz CT molecular complexity index is 2320. The molecule has 49 heavy (non-hydrogen) atoms. The molecule has 0 fully saturated rings. The van der Waals surface area contributed by atoms with Crippen LogP contribution in [0.2, 0.25) is 0 Å². The van der Waals surface area contributed by atoms with Gasteiger partial charge in [0.05, 0.1) is 22.1 Å². The monoisotopic (exact) mass is 816 g/mol. The molecule has 6 nitrogen and oxygen atoms in total. The molecule has 0 amide bonds. The fourth-order valence-corrected chi connectivity index (χ4v) is 7.43. The maximum atomic E-state index is 5.68. The number of pyridine rings is 3. The van der Waals surface area contributed by atoms with Crippen molar-refractivity contribution in [3.05, 3.63) is 169 Å². The van der Waals surface area contributed by atoms with Gasteiger partial charge in [0.2, 0.25) is 0 Å². The first-order chi connectivity index (χ1) is 23.3. The summed E-state index contributed by atoms with van der Waals surface area (Å²) in [5.74, 6) is 0.810. The molecule has 1 aliphatic carbocycles. The normalized spacial score (nSPS) is 14.7. The van der Waals surface area contributed by atoms with Crippen LogP contribution < -0.4 is 4.90 Å². The van der Waals surface area contributed by atoms with Gasteiger partial charge >= 0.3 is 0 Å². The summed E-state index contributed by atoms with van der Waals surface area (Å²) in [6.07, 6.45) is 7.71. The number of anilines is 1. The number of aromatic nitrogens is 4. The van der Waals surface area contributed by atoms with Gasteiger partial charge < -0.3 is 19.4 Å². The van der Waals surface area contributed by atoms with Crippen LogP contribution in [0.3, 0.4) is 0 Å². The first kappa shape index (κ1) is 31.2. The first-order valence-electron chi connectivity index (χ1n) is 16.2. The summed E-state index contributed by atoms with van der Waals surface area (Å²) in [6.45, 7) is 8.85. The Kier molecular flexibility index (Phi) is 7.35. The van der Waals surface area contributed by atoms with E-state index in [1.54, 1.807) is 6.20 Å². The van der Waals surface area contributed by atoms with Gasteiger partial charge in [0.15, 0.2) is 0 Å². The third-order valence-electron chi connectivity index (χ3n) is 9.67. The number of hydrogen-bond acceptors (Lipinski definition) is 5. The Morgan fingerprint density at radius 1 is 0.776 bits per heavy atom. The Balaban J connectivity index is 0.00000348. The van der Waals surface area contributed by atoms with Gasteiger partial charge in [-0.05, 0) is 82.5 Å². The zero-order valence-corrected chi connectivity index (χ0v) is 29.9. The molecule has 7 heteroatoms. The smallest absolute Gasteiger partial charge is 0.136 e. The second-order valence-electron chi connectivity index (χ2n) is 13.6. The van der Waals surface area contributed by atoms with E-state index in [-0.39, 0.29) is 26.5 Å². The molecule has 5 heterocycles. The van der Waals surface area contributed by atoms with E-state index in [1.165, 1.54) is 27.8 Å². The third-order valence-corrected chi connectivity index (χ3v) is 9.67. The summed E-state index contributed by atoms with van der Waals surface area (Å²) in [7, 11) is 2.03. The van der Waals surface area contributed by atoms with E-state index < -0.39 is 5.41 Å². The van der Waals surface area contributed by atoms with E-state index >= 15 is 0 Å². The summed E-state index contributed by atoms with van der Waals surface area (Å²) in [5, 5.41) is 0. The second-order valence-corrected chi connectivity index (χ2v) is 13.6. The van der Waals surface area contributed by atoms with Gasteiger partial charge in [0.25, 0.3) is 0 Å². The Hall–Kier alpha value is -5.06. The summed E-state index contributed by atoms with van der Waals surface area (Å²) in [6, 6.07) is 41.8. The molecule has 9 rings (SSSR count). The van der Waals surface area contributed by atoms with Crippen molar-refractivity contribution < 1.29 is 21.1 Å². The van der Waals surface area contributed by atoms with Gasteiger partial charge in [0.1, 0.15) is 5.82 Å². The van der Waals surface area contributed by atoms with Gasteiger partial charge in [-0.3, -0.25) is 4.98 Å². The molecule has 0 spiro atoms. The number of nitrogens with zero attached hydrogens (tertiary/aromatic N) is 6. The standard InChI is InChI=1S/C42H33N6.Pt/c1-41(2,3)29-25-37(45-38(26-29)48-35-18-10-20-43-39(35)40-36(48)19-11-21-44-40)42(28-12-9-13-30(24-28)47-23-22-46(4)27-47)33-16-7-5-14-31(33)32-15-6-8-17-34(32)42;/h5-18,20-23,25-27H,1-4H3;/q-3;. The minimum Gasteiger partial charge on any atom is -0.510 e. The minimum absolute atomic E-state index is 0. The zero-order chi connectivity index (χ0) is 32.6. The number of fused-ring (bicyclic) bond motifs is 6. The van der Waals surface area contributed by atoms with E-state index in [2.05, 4.69) is 140 Å². The number of benzene rings is 3. The molecule has 0 saturated carbocycles. The Morgan fingerprint density at radius 2 is 1.51 bits per heavy atom.